The maximum atomic E-state index is 5.35. The summed E-state index contributed by atoms with van der Waals surface area (Å²) in [4.78, 5) is 16.8. The number of rotatable bonds is 4. The van der Waals surface area contributed by atoms with Crippen molar-refractivity contribution in [3.63, 3.8) is 0 Å². The third-order valence-corrected chi connectivity index (χ3v) is 2.76. The Morgan fingerprint density at radius 2 is 2.06 bits per heavy atom. The van der Waals surface area contributed by atoms with Gasteiger partial charge in [0.1, 0.15) is 16.7 Å². The number of nitrogens with two attached hydrogens (primary N) is 1. The van der Waals surface area contributed by atoms with Crippen LogP contribution in [0.15, 0.2) is 34.7 Å². The molecule has 0 saturated heterocycles. The number of hydrogen-bond acceptors (Lipinski definition) is 7. The Morgan fingerprint density at radius 1 is 1.29 bits per heavy atom. The van der Waals surface area contributed by atoms with E-state index in [2.05, 4.69) is 25.4 Å². The van der Waals surface area contributed by atoms with Crippen LogP contribution in [0.2, 0.25) is 0 Å². The van der Waals surface area contributed by atoms with E-state index in [0.29, 0.717) is 11.0 Å². The zero-order valence-electron chi connectivity index (χ0n) is 9.29. The summed E-state index contributed by atoms with van der Waals surface area (Å²) in [5, 5.41) is 1.42. The van der Waals surface area contributed by atoms with Crippen molar-refractivity contribution in [2.24, 2.45) is 5.84 Å². The molecule has 0 radical (unpaired) electrons. The molecule has 0 unspecified atom stereocenters. The van der Waals surface area contributed by atoms with Gasteiger partial charge >= 0.3 is 0 Å². The van der Waals surface area contributed by atoms with Crippen LogP contribution in [0, 0.1) is 0 Å². The van der Waals surface area contributed by atoms with Crippen LogP contribution in [0.3, 0.4) is 0 Å². The van der Waals surface area contributed by atoms with Gasteiger partial charge in [0.25, 0.3) is 0 Å². The smallest absolute Gasteiger partial charge is 0.193 e. The molecule has 2 rings (SSSR count). The van der Waals surface area contributed by atoms with Gasteiger partial charge in [-0.2, -0.15) is 0 Å². The second-order valence-electron chi connectivity index (χ2n) is 3.14. The van der Waals surface area contributed by atoms with Crippen LogP contribution in [0.1, 0.15) is 12.7 Å². The Kier molecular flexibility index (Phi) is 3.84. The van der Waals surface area contributed by atoms with Gasteiger partial charge in [0.15, 0.2) is 5.16 Å². The van der Waals surface area contributed by atoms with E-state index in [4.69, 9.17) is 5.84 Å². The highest BCUT2D eigenvalue weighted by Crippen LogP contribution is 2.23. The van der Waals surface area contributed by atoms with Gasteiger partial charge in [-0.15, -0.1) is 0 Å². The van der Waals surface area contributed by atoms with E-state index in [1.165, 1.54) is 11.8 Å². The first-order valence-corrected chi connectivity index (χ1v) is 5.93. The van der Waals surface area contributed by atoms with Crippen molar-refractivity contribution < 1.29 is 0 Å². The molecule has 6 nitrogen and oxygen atoms in total. The zero-order chi connectivity index (χ0) is 12.1. The molecule has 0 aromatic carbocycles. The number of aryl methyl sites for hydroxylation is 1. The number of hydrazine groups is 1. The van der Waals surface area contributed by atoms with Gasteiger partial charge < -0.3 is 5.43 Å². The topological polar surface area (TPSA) is 89.6 Å². The SMILES string of the molecule is CCc1nc(NN)cc(Sc2ncccn2)n1. The number of hydrogen-bond donors (Lipinski definition) is 2. The normalized spacial score (nSPS) is 10.2. The summed E-state index contributed by atoms with van der Waals surface area (Å²) in [6.45, 7) is 1.99. The summed E-state index contributed by atoms with van der Waals surface area (Å²) >= 11 is 1.38. The van der Waals surface area contributed by atoms with E-state index in [1.54, 1.807) is 24.5 Å². The van der Waals surface area contributed by atoms with Crippen molar-refractivity contribution >= 4 is 17.6 Å². The van der Waals surface area contributed by atoms with Crippen molar-refractivity contribution in [1.82, 2.24) is 19.9 Å². The Morgan fingerprint density at radius 3 is 2.71 bits per heavy atom. The third-order valence-electron chi connectivity index (χ3n) is 1.95. The summed E-state index contributed by atoms with van der Waals surface area (Å²) < 4.78 is 0. The van der Waals surface area contributed by atoms with Crippen LogP contribution in [-0.2, 0) is 6.42 Å². The van der Waals surface area contributed by atoms with Gasteiger partial charge in [-0.3, -0.25) is 0 Å². The molecular weight excluding hydrogens is 236 g/mol. The molecular formula is C10H12N6S. The number of aromatic nitrogens is 4. The molecule has 0 aliphatic carbocycles. The van der Waals surface area contributed by atoms with Crippen molar-refractivity contribution in [2.45, 2.75) is 23.5 Å². The highest BCUT2D eigenvalue weighted by Gasteiger charge is 2.05. The molecule has 0 bridgehead atoms. The fraction of sp³-hybridized carbons (Fsp3) is 0.200. The Labute approximate surface area is 103 Å². The average Bonchev–Trinajstić information content (AvgIpc) is 2.39. The minimum atomic E-state index is 0.593. The van der Waals surface area contributed by atoms with E-state index in [-0.39, 0.29) is 0 Å². The predicted molar refractivity (Wildman–Crippen MR) is 65.4 cm³/mol. The van der Waals surface area contributed by atoms with Crippen molar-refractivity contribution in [3.8, 4) is 0 Å². The van der Waals surface area contributed by atoms with E-state index in [9.17, 15) is 0 Å². The first-order chi connectivity index (χ1) is 8.31. The van der Waals surface area contributed by atoms with Crippen molar-refractivity contribution in [1.29, 1.82) is 0 Å². The maximum absolute atomic E-state index is 5.35. The van der Waals surface area contributed by atoms with Crippen LogP contribution in [0.4, 0.5) is 5.82 Å². The lowest BCUT2D eigenvalue weighted by Crippen LogP contribution is -2.10. The highest BCUT2D eigenvalue weighted by molar-refractivity contribution is 7.99. The lowest BCUT2D eigenvalue weighted by Gasteiger charge is -2.05. The Balaban J connectivity index is 2.26. The molecule has 2 aromatic rings. The van der Waals surface area contributed by atoms with E-state index in [1.807, 2.05) is 6.92 Å². The van der Waals surface area contributed by atoms with Gasteiger partial charge in [0.2, 0.25) is 0 Å². The van der Waals surface area contributed by atoms with E-state index < -0.39 is 0 Å². The average molecular weight is 248 g/mol. The van der Waals surface area contributed by atoms with Gasteiger partial charge in [-0.25, -0.2) is 25.8 Å². The van der Waals surface area contributed by atoms with Crippen LogP contribution in [0.5, 0.6) is 0 Å². The van der Waals surface area contributed by atoms with Crippen molar-refractivity contribution in [3.05, 3.63) is 30.4 Å². The van der Waals surface area contributed by atoms with Crippen LogP contribution < -0.4 is 11.3 Å². The third kappa shape index (κ3) is 3.11. The number of nitrogens with one attached hydrogen (secondary N) is 1. The van der Waals surface area contributed by atoms with Gasteiger partial charge in [-0.05, 0) is 17.8 Å². The van der Waals surface area contributed by atoms with Crippen molar-refractivity contribution in [2.75, 3.05) is 5.43 Å². The summed E-state index contributed by atoms with van der Waals surface area (Å²) in [5.74, 6) is 6.68. The molecule has 0 atom stereocenters. The Hall–Kier alpha value is -1.73. The van der Waals surface area contributed by atoms with Gasteiger partial charge in [-0.1, -0.05) is 6.92 Å². The summed E-state index contributed by atoms with van der Waals surface area (Å²) in [6, 6.07) is 3.54. The second-order valence-corrected chi connectivity index (χ2v) is 4.13. The fourth-order valence-corrected chi connectivity index (χ4v) is 1.92. The Bertz CT molecular complexity index is 467. The van der Waals surface area contributed by atoms with Crippen LogP contribution in [0.25, 0.3) is 0 Å². The predicted octanol–water partition coefficient (Wildman–Crippen LogP) is 1.27. The molecule has 17 heavy (non-hydrogen) atoms. The monoisotopic (exact) mass is 248 g/mol. The largest absolute Gasteiger partial charge is 0.308 e. The zero-order valence-corrected chi connectivity index (χ0v) is 10.1. The molecule has 7 heteroatoms. The summed E-state index contributed by atoms with van der Waals surface area (Å²) in [5.41, 5.74) is 2.52. The molecule has 0 aliphatic rings. The standard InChI is InChI=1S/C10H12N6S/c1-2-7-14-8(16-11)6-9(15-7)17-10-12-4-3-5-13-10/h3-6H,2,11H2,1H3,(H,14,15,16). The second kappa shape index (κ2) is 5.55. The lowest BCUT2D eigenvalue weighted by atomic mass is 10.4. The van der Waals surface area contributed by atoms with Crippen LogP contribution in [-0.4, -0.2) is 19.9 Å². The van der Waals surface area contributed by atoms with E-state index in [0.717, 1.165) is 17.3 Å². The lowest BCUT2D eigenvalue weighted by molar-refractivity contribution is 0.882. The van der Waals surface area contributed by atoms with Gasteiger partial charge in [0, 0.05) is 24.9 Å². The fourth-order valence-electron chi connectivity index (χ4n) is 1.19. The minimum absolute atomic E-state index is 0.593. The highest BCUT2D eigenvalue weighted by atomic mass is 32.2. The van der Waals surface area contributed by atoms with Gasteiger partial charge in [0.05, 0.1) is 0 Å². The molecule has 0 aliphatic heterocycles. The maximum Gasteiger partial charge on any atom is 0.193 e. The molecule has 88 valence electrons. The number of nitrogen functional groups attached to an aromatic ring is 1. The molecule has 0 fully saturated rings. The molecule has 3 N–H and O–H groups in total. The molecule has 2 aromatic heterocycles. The molecule has 2 heterocycles. The van der Waals surface area contributed by atoms with E-state index >= 15 is 0 Å². The molecule has 0 spiro atoms. The molecule has 0 saturated carbocycles. The summed E-state index contributed by atoms with van der Waals surface area (Å²) in [7, 11) is 0. The summed E-state index contributed by atoms with van der Waals surface area (Å²) in [6.07, 6.45) is 4.14. The first-order valence-electron chi connectivity index (χ1n) is 5.11. The quantitative estimate of drug-likeness (QED) is 0.364. The van der Waals surface area contributed by atoms with Crippen LogP contribution >= 0.6 is 11.8 Å². The number of nitrogens with zero attached hydrogens (tertiary/aromatic N) is 4. The number of anilines is 1. The minimum Gasteiger partial charge on any atom is -0.308 e. The molecule has 0 amide bonds. The first kappa shape index (κ1) is 11.7.